The van der Waals surface area contributed by atoms with Gasteiger partial charge in [-0.05, 0) is 19.1 Å². The summed E-state index contributed by atoms with van der Waals surface area (Å²) in [4.78, 5) is 22.4. The third kappa shape index (κ3) is 2.52. The molecule has 1 aromatic carbocycles. The second-order valence-corrected chi connectivity index (χ2v) is 6.35. The molecule has 0 aliphatic carbocycles. The Morgan fingerprint density at radius 2 is 1.89 bits per heavy atom. The van der Waals surface area contributed by atoms with E-state index in [4.69, 9.17) is 5.11 Å². The summed E-state index contributed by atoms with van der Waals surface area (Å²) in [5.41, 5.74) is 0.895. The maximum atomic E-state index is 12.3. The maximum absolute atomic E-state index is 12.3. The van der Waals surface area contributed by atoms with Crippen molar-refractivity contribution >= 4 is 21.8 Å². The third-order valence-electron chi connectivity index (χ3n) is 3.01. The fourth-order valence-electron chi connectivity index (χ4n) is 1.97. The lowest BCUT2D eigenvalue weighted by Crippen LogP contribution is -2.40. The molecule has 1 heterocycles. The number of rotatable bonds is 3. The van der Waals surface area contributed by atoms with E-state index in [1.807, 2.05) is 6.92 Å². The number of carbonyl (C=O) groups is 2. The predicted molar refractivity (Wildman–Crippen MR) is 66.1 cm³/mol. The molecule has 1 aliphatic rings. The van der Waals surface area contributed by atoms with Crippen LogP contribution >= 0.6 is 0 Å². The number of ketones is 1. The van der Waals surface area contributed by atoms with Gasteiger partial charge in [-0.2, -0.15) is 4.31 Å². The first-order valence-electron chi connectivity index (χ1n) is 5.65. The van der Waals surface area contributed by atoms with Gasteiger partial charge in [-0.15, -0.1) is 0 Å². The van der Waals surface area contributed by atoms with Gasteiger partial charge in [-0.1, -0.05) is 17.7 Å². The van der Waals surface area contributed by atoms with Crippen molar-refractivity contribution in [2.75, 3.05) is 6.54 Å². The molecule has 0 amide bonds. The first kappa shape index (κ1) is 13.7. The van der Waals surface area contributed by atoms with Gasteiger partial charge in [0, 0.05) is 6.42 Å². The second-order valence-electron chi connectivity index (χ2n) is 4.46. The SMILES string of the molecule is Cc1ccc(S(=O)(=O)N2CC(=O)C[C@H]2C(=O)O)cc1. The molecule has 0 aromatic heterocycles. The highest BCUT2D eigenvalue weighted by Crippen LogP contribution is 2.24. The van der Waals surface area contributed by atoms with Crippen LogP contribution in [0.2, 0.25) is 0 Å². The second kappa shape index (κ2) is 4.75. The Bertz CT molecular complexity index is 620. The van der Waals surface area contributed by atoms with E-state index in [1.54, 1.807) is 12.1 Å². The molecule has 0 radical (unpaired) electrons. The number of carboxylic acid groups (broad SMARTS) is 1. The molecule has 1 aliphatic heterocycles. The molecule has 0 bridgehead atoms. The zero-order valence-corrected chi connectivity index (χ0v) is 11.1. The van der Waals surface area contributed by atoms with Crippen molar-refractivity contribution in [2.24, 2.45) is 0 Å². The van der Waals surface area contributed by atoms with Gasteiger partial charge >= 0.3 is 5.97 Å². The highest BCUT2D eigenvalue weighted by Gasteiger charge is 2.43. The lowest BCUT2D eigenvalue weighted by molar-refractivity contribution is -0.141. The molecule has 1 atom stereocenters. The molecule has 0 saturated carbocycles. The standard InChI is InChI=1S/C12H13NO5S/c1-8-2-4-10(5-3-8)19(17,18)13-7-9(14)6-11(13)12(15)16/h2-5,11H,6-7H2,1H3,(H,15,16)/t11-/m0/s1. The summed E-state index contributed by atoms with van der Waals surface area (Å²) in [5, 5.41) is 9.00. The highest BCUT2D eigenvalue weighted by molar-refractivity contribution is 7.89. The molecule has 102 valence electrons. The number of hydrogen-bond donors (Lipinski definition) is 1. The topological polar surface area (TPSA) is 91.8 Å². The first-order chi connectivity index (χ1) is 8.82. The Kier molecular flexibility index (Phi) is 3.42. The van der Waals surface area contributed by atoms with Crippen LogP contribution in [0.1, 0.15) is 12.0 Å². The minimum Gasteiger partial charge on any atom is -0.480 e. The van der Waals surface area contributed by atoms with Crippen molar-refractivity contribution in [1.82, 2.24) is 4.31 Å². The van der Waals surface area contributed by atoms with Crippen molar-refractivity contribution in [2.45, 2.75) is 24.3 Å². The quantitative estimate of drug-likeness (QED) is 0.867. The van der Waals surface area contributed by atoms with Crippen molar-refractivity contribution < 1.29 is 23.1 Å². The van der Waals surface area contributed by atoms with Crippen LogP contribution in [0.4, 0.5) is 0 Å². The zero-order chi connectivity index (χ0) is 14.2. The number of Topliss-reactive ketones (excluding diaryl/α,β-unsaturated/α-hetero) is 1. The Hall–Kier alpha value is -1.73. The summed E-state index contributed by atoms with van der Waals surface area (Å²) in [6.07, 6.45) is -0.277. The Morgan fingerprint density at radius 3 is 2.42 bits per heavy atom. The fourth-order valence-corrected chi connectivity index (χ4v) is 3.54. The largest absolute Gasteiger partial charge is 0.480 e. The third-order valence-corrected chi connectivity index (χ3v) is 4.88. The summed E-state index contributed by atoms with van der Waals surface area (Å²) in [5.74, 6) is -1.69. The van der Waals surface area contributed by atoms with E-state index in [-0.39, 0.29) is 23.6 Å². The summed E-state index contributed by atoms with van der Waals surface area (Å²) in [6, 6.07) is 4.76. The molecular formula is C12H13NO5S. The Morgan fingerprint density at radius 1 is 1.32 bits per heavy atom. The lowest BCUT2D eigenvalue weighted by atomic mass is 10.2. The van der Waals surface area contributed by atoms with E-state index in [0.717, 1.165) is 9.87 Å². The van der Waals surface area contributed by atoms with E-state index in [0.29, 0.717) is 0 Å². The molecule has 6 nitrogen and oxygen atoms in total. The fraction of sp³-hybridized carbons (Fsp3) is 0.333. The van der Waals surface area contributed by atoms with Crippen LogP contribution in [-0.4, -0.2) is 42.2 Å². The minimum atomic E-state index is -3.95. The monoisotopic (exact) mass is 283 g/mol. The van der Waals surface area contributed by atoms with Gasteiger partial charge in [-0.3, -0.25) is 9.59 Å². The van der Waals surface area contributed by atoms with Gasteiger partial charge in [0.05, 0.1) is 11.4 Å². The first-order valence-corrected chi connectivity index (χ1v) is 7.09. The van der Waals surface area contributed by atoms with Gasteiger partial charge in [0.25, 0.3) is 0 Å². The molecule has 0 spiro atoms. The normalized spacial score (nSPS) is 20.7. The van der Waals surface area contributed by atoms with Crippen LogP contribution in [-0.2, 0) is 19.6 Å². The van der Waals surface area contributed by atoms with E-state index < -0.39 is 22.0 Å². The number of carboxylic acids is 1. The van der Waals surface area contributed by atoms with Crippen LogP contribution in [0.25, 0.3) is 0 Å². The average Bonchev–Trinajstić information content (AvgIpc) is 2.73. The molecule has 1 saturated heterocycles. The van der Waals surface area contributed by atoms with Crippen LogP contribution in [0.15, 0.2) is 29.2 Å². The molecule has 1 aromatic rings. The van der Waals surface area contributed by atoms with Crippen molar-refractivity contribution in [1.29, 1.82) is 0 Å². The van der Waals surface area contributed by atoms with Gasteiger partial charge in [0.15, 0.2) is 0 Å². The van der Waals surface area contributed by atoms with Crippen molar-refractivity contribution in [3.8, 4) is 0 Å². The highest BCUT2D eigenvalue weighted by atomic mass is 32.2. The zero-order valence-electron chi connectivity index (χ0n) is 10.2. The number of benzene rings is 1. The van der Waals surface area contributed by atoms with E-state index in [2.05, 4.69) is 0 Å². The van der Waals surface area contributed by atoms with Crippen LogP contribution < -0.4 is 0 Å². The number of sulfonamides is 1. The molecule has 1 N–H and O–H groups in total. The number of carbonyl (C=O) groups excluding carboxylic acids is 1. The molecular weight excluding hydrogens is 270 g/mol. The Balaban J connectivity index is 2.41. The van der Waals surface area contributed by atoms with Crippen molar-refractivity contribution in [3.05, 3.63) is 29.8 Å². The summed E-state index contributed by atoms with van der Waals surface area (Å²) in [6.45, 7) is 1.43. The summed E-state index contributed by atoms with van der Waals surface area (Å²) in [7, 11) is -3.95. The minimum absolute atomic E-state index is 0.000880. The molecule has 7 heteroatoms. The average molecular weight is 283 g/mol. The van der Waals surface area contributed by atoms with Gasteiger partial charge in [0.2, 0.25) is 10.0 Å². The van der Waals surface area contributed by atoms with Gasteiger partial charge < -0.3 is 5.11 Å². The maximum Gasteiger partial charge on any atom is 0.322 e. The van der Waals surface area contributed by atoms with Crippen LogP contribution in [0.3, 0.4) is 0 Å². The molecule has 19 heavy (non-hydrogen) atoms. The summed E-state index contributed by atoms with van der Waals surface area (Å²) >= 11 is 0. The molecule has 2 rings (SSSR count). The van der Waals surface area contributed by atoms with E-state index in [1.165, 1.54) is 12.1 Å². The predicted octanol–water partition coefficient (Wildman–Crippen LogP) is 0.412. The van der Waals surface area contributed by atoms with E-state index in [9.17, 15) is 18.0 Å². The van der Waals surface area contributed by atoms with Crippen LogP contribution in [0, 0.1) is 6.92 Å². The molecule has 1 fully saturated rings. The smallest absolute Gasteiger partial charge is 0.322 e. The van der Waals surface area contributed by atoms with Gasteiger partial charge in [0.1, 0.15) is 11.8 Å². The summed E-state index contributed by atoms with van der Waals surface area (Å²) < 4.78 is 25.4. The number of aliphatic carboxylic acids is 1. The van der Waals surface area contributed by atoms with Crippen molar-refractivity contribution in [3.63, 3.8) is 0 Å². The van der Waals surface area contributed by atoms with Crippen LogP contribution in [0.5, 0.6) is 0 Å². The lowest BCUT2D eigenvalue weighted by Gasteiger charge is -2.20. The van der Waals surface area contributed by atoms with E-state index >= 15 is 0 Å². The van der Waals surface area contributed by atoms with Gasteiger partial charge in [-0.25, -0.2) is 8.42 Å². The number of hydrogen-bond acceptors (Lipinski definition) is 4. The number of nitrogens with zero attached hydrogens (tertiary/aromatic N) is 1. The number of aryl methyl sites for hydroxylation is 1. The molecule has 0 unspecified atom stereocenters. The Labute approximate surface area is 110 Å².